The first-order valence-corrected chi connectivity index (χ1v) is 7.41. The molecule has 0 spiro atoms. The second kappa shape index (κ2) is 6.70. The highest BCUT2D eigenvalue weighted by Crippen LogP contribution is 2.17. The molecular formula is C15H18BrN3O. The topological polar surface area (TPSA) is 46.9 Å². The van der Waals surface area contributed by atoms with Crippen molar-refractivity contribution in [1.82, 2.24) is 15.1 Å². The molecule has 0 aliphatic rings. The van der Waals surface area contributed by atoms with Crippen LogP contribution in [0.1, 0.15) is 30.5 Å². The third-order valence-electron chi connectivity index (χ3n) is 3.13. The van der Waals surface area contributed by atoms with Gasteiger partial charge in [0, 0.05) is 6.20 Å². The summed E-state index contributed by atoms with van der Waals surface area (Å²) in [5.74, 6) is -0.0342. The normalized spacial score (nSPS) is 12.2. The van der Waals surface area contributed by atoms with Crippen LogP contribution >= 0.6 is 15.9 Å². The van der Waals surface area contributed by atoms with E-state index in [4.69, 9.17) is 0 Å². The first kappa shape index (κ1) is 14.8. The van der Waals surface area contributed by atoms with Crippen LogP contribution in [0.3, 0.4) is 0 Å². The number of hydrogen-bond donors (Lipinski definition) is 1. The van der Waals surface area contributed by atoms with Crippen LogP contribution in [-0.2, 0) is 11.3 Å². The molecule has 5 heteroatoms. The fourth-order valence-electron chi connectivity index (χ4n) is 2.03. The zero-order chi connectivity index (χ0) is 14.5. The van der Waals surface area contributed by atoms with Gasteiger partial charge in [-0.05, 0) is 34.8 Å². The molecule has 1 aromatic heterocycles. The van der Waals surface area contributed by atoms with Crippen molar-refractivity contribution >= 4 is 21.8 Å². The third-order valence-corrected chi connectivity index (χ3v) is 3.54. The Kier molecular flexibility index (Phi) is 4.95. The number of carbonyl (C=O) groups excluding carboxylic acids is 1. The summed E-state index contributed by atoms with van der Waals surface area (Å²) in [5, 5.41) is 7.13. The average molecular weight is 336 g/mol. The molecule has 0 aliphatic heterocycles. The van der Waals surface area contributed by atoms with E-state index in [9.17, 15) is 4.79 Å². The van der Waals surface area contributed by atoms with Gasteiger partial charge in [0.05, 0.1) is 16.7 Å². The summed E-state index contributed by atoms with van der Waals surface area (Å²) in [6, 6.07) is 8.30. The van der Waals surface area contributed by atoms with Gasteiger partial charge in [-0.3, -0.25) is 9.48 Å². The molecule has 4 nitrogen and oxygen atoms in total. The maximum absolute atomic E-state index is 12.0. The molecule has 20 heavy (non-hydrogen) atoms. The minimum absolute atomic E-state index is 0.0342. The highest BCUT2D eigenvalue weighted by Gasteiger charge is 2.13. The van der Waals surface area contributed by atoms with Crippen molar-refractivity contribution in [2.75, 3.05) is 0 Å². The number of rotatable bonds is 5. The summed E-state index contributed by atoms with van der Waals surface area (Å²) >= 11 is 3.32. The van der Waals surface area contributed by atoms with E-state index in [1.165, 1.54) is 5.56 Å². The number of aryl methyl sites for hydroxylation is 1. The molecule has 0 unspecified atom stereocenters. The molecule has 1 atom stereocenters. The van der Waals surface area contributed by atoms with Gasteiger partial charge in [-0.2, -0.15) is 5.10 Å². The summed E-state index contributed by atoms with van der Waals surface area (Å²) < 4.78 is 2.48. The molecule has 1 heterocycles. The lowest BCUT2D eigenvalue weighted by molar-refractivity contribution is -0.122. The predicted molar refractivity (Wildman–Crippen MR) is 82.3 cm³/mol. The Morgan fingerprint density at radius 2 is 2.10 bits per heavy atom. The monoisotopic (exact) mass is 335 g/mol. The molecule has 2 rings (SSSR count). The molecule has 0 saturated heterocycles. The highest BCUT2D eigenvalue weighted by molar-refractivity contribution is 9.10. The molecule has 2 aromatic rings. The Morgan fingerprint density at radius 3 is 2.65 bits per heavy atom. The lowest BCUT2D eigenvalue weighted by atomic mass is 10.0. The van der Waals surface area contributed by atoms with E-state index < -0.39 is 0 Å². The lowest BCUT2D eigenvalue weighted by Gasteiger charge is -2.17. The number of nitrogens with one attached hydrogen (secondary N) is 1. The number of aromatic nitrogens is 2. The van der Waals surface area contributed by atoms with Crippen molar-refractivity contribution in [3.8, 4) is 0 Å². The van der Waals surface area contributed by atoms with Crippen LogP contribution in [0.25, 0.3) is 0 Å². The van der Waals surface area contributed by atoms with Gasteiger partial charge in [0.15, 0.2) is 0 Å². The molecule has 0 radical (unpaired) electrons. The first-order valence-electron chi connectivity index (χ1n) is 6.62. The largest absolute Gasteiger partial charge is 0.348 e. The van der Waals surface area contributed by atoms with Gasteiger partial charge in [0.2, 0.25) is 5.91 Å². The van der Waals surface area contributed by atoms with Crippen molar-refractivity contribution in [2.24, 2.45) is 0 Å². The van der Waals surface area contributed by atoms with Crippen molar-refractivity contribution in [2.45, 2.75) is 32.9 Å². The number of benzene rings is 1. The Hall–Kier alpha value is -1.62. The summed E-state index contributed by atoms with van der Waals surface area (Å²) in [6.07, 6.45) is 4.31. The van der Waals surface area contributed by atoms with Gasteiger partial charge in [-0.15, -0.1) is 0 Å². The van der Waals surface area contributed by atoms with Crippen LogP contribution in [-0.4, -0.2) is 15.7 Å². The van der Waals surface area contributed by atoms with Crippen LogP contribution in [0.4, 0.5) is 0 Å². The Balaban J connectivity index is 1.99. The fourth-order valence-corrected chi connectivity index (χ4v) is 2.36. The molecule has 1 amide bonds. The van der Waals surface area contributed by atoms with Gasteiger partial charge >= 0.3 is 0 Å². The van der Waals surface area contributed by atoms with E-state index in [1.807, 2.05) is 0 Å². The minimum Gasteiger partial charge on any atom is -0.348 e. The fraction of sp³-hybridized carbons (Fsp3) is 0.333. The van der Waals surface area contributed by atoms with Crippen molar-refractivity contribution < 1.29 is 4.79 Å². The number of hydrogen-bond acceptors (Lipinski definition) is 2. The highest BCUT2D eigenvalue weighted by atomic mass is 79.9. The van der Waals surface area contributed by atoms with E-state index in [0.29, 0.717) is 0 Å². The third kappa shape index (κ3) is 3.93. The molecular weight excluding hydrogens is 318 g/mol. The second-order valence-corrected chi connectivity index (χ2v) is 5.71. The second-order valence-electron chi connectivity index (χ2n) is 4.80. The maximum Gasteiger partial charge on any atom is 0.242 e. The number of amides is 1. The molecule has 1 N–H and O–H groups in total. The first-order chi connectivity index (χ1) is 9.58. The van der Waals surface area contributed by atoms with Crippen LogP contribution in [0, 0.1) is 6.92 Å². The zero-order valence-corrected chi connectivity index (χ0v) is 13.2. The Labute approximate surface area is 127 Å². The smallest absolute Gasteiger partial charge is 0.242 e. The molecule has 0 saturated carbocycles. The van der Waals surface area contributed by atoms with E-state index >= 15 is 0 Å². The van der Waals surface area contributed by atoms with E-state index in [0.717, 1.165) is 16.5 Å². The van der Waals surface area contributed by atoms with Gasteiger partial charge in [-0.25, -0.2) is 0 Å². The molecule has 0 aliphatic carbocycles. The summed E-state index contributed by atoms with van der Waals surface area (Å²) in [6.45, 7) is 4.35. The van der Waals surface area contributed by atoms with Crippen LogP contribution in [0.15, 0.2) is 41.1 Å². The quantitative estimate of drug-likeness (QED) is 0.911. The molecule has 0 fully saturated rings. The van der Waals surface area contributed by atoms with Crippen LogP contribution in [0.2, 0.25) is 0 Å². The number of nitrogens with zero attached hydrogens (tertiary/aromatic N) is 2. The van der Waals surface area contributed by atoms with Crippen molar-refractivity contribution in [3.05, 3.63) is 52.3 Å². The number of halogens is 1. The SMILES string of the molecule is CC[C@@H](NC(=O)Cn1cc(Br)cn1)c1ccc(C)cc1. The molecule has 0 bridgehead atoms. The molecule has 106 valence electrons. The minimum atomic E-state index is -0.0342. The standard InChI is InChI=1S/C15H18BrN3O/c1-3-14(12-6-4-11(2)5-7-12)18-15(20)10-19-9-13(16)8-17-19/h4-9,14H,3,10H2,1-2H3,(H,18,20)/t14-/m1/s1. The lowest BCUT2D eigenvalue weighted by Crippen LogP contribution is -2.31. The van der Waals surface area contributed by atoms with Gasteiger partial charge in [0.25, 0.3) is 0 Å². The summed E-state index contributed by atoms with van der Waals surface area (Å²) in [4.78, 5) is 12.0. The Morgan fingerprint density at radius 1 is 1.40 bits per heavy atom. The van der Waals surface area contributed by atoms with Crippen LogP contribution in [0.5, 0.6) is 0 Å². The Bertz CT molecular complexity index is 577. The van der Waals surface area contributed by atoms with Gasteiger partial charge in [0.1, 0.15) is 6.54 Å². The van der Waals surface area contributed by atoms with E-state index in [1.54, 1.807) is 17.1 Å². The zero-order valence-electron chi connectivity index (χ0n) is 11.6. The van der Waals surface area contributed by atoms with Crippen LogP contribution < -0.4 is 5.32 Å². The van der Waals surface area contributed by atoms with Gasteiger partial charge in [-0.1, -0.05) is 36.8 Å². The summed E-state index contributed by atoms with van der Waals surface area (Å²) in [7, 11) is 0. The maximum atomic E-state index is 12.0. The predicted octanol–water partition coefficient (Wildman–Crippen LogP) is 3.22. The number of carbonyl (C=O) groups is 1. The van der Waals surface area contributed by atoms with Crippen molar-refractivity contribution in [1.29, 1.82) is 0 Å². The van der Waals surface area contributed by atoms with Gasteiger partial charge < -0.3 is 5.32 Å². The summed E-state index contributed by atoms with van der Waals surface area (Å²) in [5.41, 5.74) is 2.35. The van der Waals surface area contributed by atoms with E-state index in [-0.39, 0.29) is 18.5 Å². The molecule has 1 aromatic carbocycles. The van der Waals surface area contributed by atoms with Crippen molar-refractivity contribution in [3.63, 3.8) is 0 Å². The average Bonchev–Trinajstić information content (AvgIpc) is 2.82. The van der Waals surface area contributed by atoms with E-state index in [2.05, 4.69) is 64.5 Å².